The minimum Gasteiger partial charge on any atom is -0.367 e. The third-order valence-corrected chi connectivity index (χ3v) is 2.90. The summed E-state index contributed by atoms with van der Waals surface area (Å²) in [7, 11) is 0. The number of carbonyl (C=O) groups excluding carboxylic acids is 1. The largest absolute Gasteiger partial charge is 0.367 e. The molecule has 18 heavy (non-hydrogen) atoms. The third-order valence-electron chi connectivity index (χ3n) is 2.90. The van der Waals surface area contributed by atoms with Crippen LogP contribution in [0.3, 0.4) is 0 Å². The highest BCUT2D eigenvalue weighted by Crippen LogP contribution is 2.24. The Morgan fingerprint density at radius 1 is 1.06 bits per heavy atom. The molecule has 0 saturated heterocycles. The molecule has 0 aliphatic carbocycles. The van der Waals surface area contributed by atoms with E-state index in [4.69, 9.17) is 4.74 Å². The summed E-state index contributed by atoms with van der Waals surface area (Å²) in [4.78, 5) is 25.9. The zero-order valence-corrected chi connectivity index (χ0v) is 9.05. The van der Waals surface area contributed by atoms with E-state index in [1.54, 1.807) is 0 Å². The fourth-order valence-corrected chi connectivity index (χ4v) is 2.12. The lowest BCUT2D eigenvalue weighted by Crippen LogP contribution is -2.24. The summed E-state index contributed by atoms with van der Waals surface area (Å²) in [6.45, 7) is -0.0572. The molecule has 1 aromatic carbocycles. The van der Waals surface area contributed by atoms with Gasteiger partial charge in [-0.05, 0) is 12.1 Å². The molecular formula is C12H7F2NO3. The first-order valence-corrected chi connectivity index (χ1v) is 5.23. The smallest absolute Gasteiger partial charge is 0.256 e. The van der Waals surface area contributed by atoms with E-state index in [0.29, 0.717) is 5.69 Å². The van der Waals surface area contributed by atoms with Crippen LogP contribution >= 0.6 is 0 Å². The Labute approximate surface area is 99.2 Å². The quantitative estimate of drug-likeness (QED) is 0.772. The molecule has 1 aliphatic rings. The number of benzene rings is 1. The molecule has 92 valence electrons. The molecule has 0 spiro atoms. The van der Waals surface area contributed by atoms with Crippen molar-refractivity contribution in [3.05, 3.63) is 45.4 Å². The molecule has 0 amide bonds. The fraction of sp³-hybridized carbons (Fsp3) is 0.167. The number of halogens is 2. The molecule has 0 saturated carbocycles. The van der Waals surface area contributed by atoms with Crippen LogP contribution in [0.15, 0.2) is 16.9 Å². The van der Waals surface area contributed by atoms with Crippen LogP contribution in [0.4, 0.5) is 8.78 Å². The van der Waals surface area contributed by atoms with E-state index < -0.39 is 17.2 Å². The topological polar surface area (TPSA) is 59.2 Å². The summed E-state index contributed by atoms with van der Waals surface area (Å²) in [6.07, 6.45) is 0. The summed E-state index contributed by atoms with van der Waals surface area (Å²) in [6, 6.07) is 1.68. The average Bonchev–Trinajstić information content (AvgIpc) is 2.32. The molecule has 0 radical (unpaired) electrons. The molecule has 2 heterocycles. The van der Waals surface area contributed by atoms with Gasteiger partial charge in [-0.25, -0.2) is 8.78 Å². The van der Waals surface area contributed by atoms with Gasteiger partial charge >= 0.3 is 0 Å². The maximum absolute atomic E-state index is 13.2. The number of ketones is 1. The second-order valence-corrected chi connectivity index (χ2v) is 4.04. The number of carbonyl (C=O) groups is 1. The number of hydrogen-bond acceptors (Lipinski definition) is 3. The lowest BCUT2D eigenvalue weighted by molar-refractivity contribution is 0.0657. The number of ether oxygens (including phenoxy) is 1. The van der Waals surface area contributed by atoms with Gasteiger partial charge in [0.05, 0.1) is 17.7 Å². The second-order valence-electron chi connectivity index (χ2n) is 4.04. The molecule has 0 fully saturated rings. The second kappa shape index (κ2) is 3.71. The first-order chi connectivity index (χ1) is 8.58. The Hall–Kier alpha value is -2.08. The van der Waals surface area contributed by atoms with Crippen molar-refractivity contribution in [2.75, 3.05) is 6.61 Å². The number of nitrogens with one attached hydrogen (secondary N) is 1. The molecular weight excluding hydrogens is 244 g/mol. The summed E-state index contributed by atoms with van der Waals surface area (Å²) >= 11 is 0. The van der Waals surface area contributed by atoms with Crippen LogP contribution in [0.25, 0.3) is 10.8 Å². The molecule has 2 aromatic rings. The van der Waals surface area contributed by atoms with Crippen molar-refractivity contribution in [3.63, 3.8) is 0 Å². The van der Waals surface area contributed by atoms with Gasteiger partial charge in [-0.15, -0.1) is 0 Å². The van der Waals surface area contributed by atoms with Gasteiger partial charge < -0.3 is 9.72 Å². The van der Waals surface area contributed by atoms with Crippen molar-refractivity contribution in [3.8, 4) is 0 Å². The zero-order chi connectivity index (χ0) is 12.9. The Kier molecular flexibility index (Phi) is 2.27. The van der Waals surface area contributed by atoms with Crippen molar-refractivity contribution >= 4 is 16.6 Å². The van der Waals surface area contributed by atoms with Crippen molar-refractivity contribution in [2.45, 2.75) is 6.61 Å². The van der Waals surface area contributed by atoms with Gasteiger partial charge in [0.1, 0.15) is 6.61 Å². The lowest BCUT2D eigenvalue weighted by Gasteiger charge is -2.16. The monoisotopic (exact) mass is 251 g/mol. The van der Waals surface area contributed by atoms with Gasteiger partial charge in [0.15, 0.2) is 17.4 Å². The first-order valence-electron chi connectivity index (χ1n) is 5.23. The SMILES string of the molecule is O=C1COCc2[nH]c(=O)c3cc(F)c(F)cc3c21. The van der Waals surface area contributed by atoms with Crippen LogP contribution in [0, 0.1) is 11.6 Å². The van der Waals surface area contributed by atoms with Crippen molar-refractivity contribution < 1.29 is 18.3 Å². The van der Waals surface area contributed by atoms with Gasteiger partial charge in [0.2, 0.25) is 0 Å². The fourth-order valence-electron chi connectivity index (χ4n) is 2.12. The summed E-state index contributed by atoms with van der Waals surface area (Å²) in [5.41, 5.74) is -0.0644. The highest BCUT2D eigenvalue weighted by molar-refractivity contribution is 6.09. The normalized spacial score (nSPS) is 14.9. The number of Topliss-reactive ketones (excluding diaryl/α,β-unsaturated/α-hetero) is 1. The number of H-pyrrole nitrogens is 1. The molecule has 1 aromatic heterocycles. The van der Waals surface area contributed by atoms with Crippen LogP contribution < -0.4 is 5.56 Å². The molecule has 1 N–H and O–H groups in total. The maximum atomic E-state index is 13.2. The minimum atomic E-state index is -1.12. The standard InChI is InChI=1S/C12H7F2NO3/c13-7-1-5-6(2-8(7)14)12(17)15-9-3-18-4-10(16)11(5)9/h1-2H,3-4H2,(H,15,17). The average molecular weight is 251 g/mol. The van der Waals surface area contributed by atoms with Crippen LogP contribution in [0.2, 0.25) is 0 Å². The van der Waals surface area contributed by atoms with E-state index >= 15 is 0 Å². The molecule has 0 bridgehead atoms. The Bertz CT molecular complexity index is 736. The van der Waals surface area contributed by atoms with Crippen LogP contribution in [-0.2, 0) is 11.3 Å². The van der Waals surface area contributed by atoms with Crippen molar-refractivity contribution in [1.82, 2.24) is 4.98 Å². The van der Waals surface area contributed by atoms with Gasteiger partial charge in [-0.1, -0.05) is 0 Å². The van der Waals surface area contributed by atoms with Gasteiger partial charge in [0, 0.05) is 10.9 Å². The van der Waals surface area contributed by atoms with Crippen molar-refractivity contribution in [2.24, 2.45) is 0 Å². The molecule has 6 heteroatoms. The molecule has 0 unspecified atom stereocenters. The zero-order valence-electron chi connectivity index (χ0n) is 9.05. The van der Waals surface area contributed by atoms with E-state index in [-0.39, 0.29) is 35.3 Å². The van der Waals surface area contributed by atoms with Gasteiger partial charge in [-0.2, -0.15) is 0 Å². The number of aromatic nitrogens is 1. The van der Waals surface area contributed by atoms with E-state index in [9.17, 15) is 18.4 Å². The summed E-state index contributed by atoms with van der Waals surface area (Å²) in [5, 5.41) is 0.0869. The van der Waals surface area contributed by atoms with E-state index in [2.05, 4.69) is 4.98 Å². The van der Waals surface area contributed by atoms with Crippen LogP contribution in [-0.4, -0.2) is 17.4 Å². The van der Waals surface area contributed by atoms with E-state index in [1.165, 1.54) is 0 Å². The molecule has 4 nitrogen and oxygen atoms in total. The van der Waals surface area contributed by atoms with Gasteiger partial charge in [-0.3, -0.25) is 9.59 Å². The Morgan fingerprint density at radius 3 is 2.44 bits per heavy atom. The Morgan fingerprint density at radius 2 is 1.72 bits per heavy atom. The molecule has 0 atom stereocenters. The number of pyridine rings is 1. The Balaban J connectivity index is 2.50. The van der Waals surface area contributed by atoms with Crippen LogP contribution in [0.1, 0.15) is 16.1 Å². The number of aromatic amines is 1. The van der Waals surface area contributed by atoms with Crippen LogP contribution in [0.5, 0.6) is 0 Å². The number of fused-ring (bicyclic) bond motifs is 3. The van der Waals surface area contributed by atoms with E-state index in [0.717, 1.165) is 12.1 Å². The molecule has 3 rings (SSSR count). The van der Waals surface area contributed by atoms with Crippen molar-refractivity contribution in [1.29, 1.82) is 0 Å². The highest BCUT2D eigenvalue weighted by atomic mass is 19.2. The number of rotatable bonds is 0. The molecule has 1 aliphatic heterocycles. The maximum Gasteiger partial charge on any atom is 0.256 e. The predicted molar refractivity (Wildman–Crippen MR) is 58.5 cm³/mol. The highest BCUT2D eigenvalue weighted by Gasteiger charge is 2.23. The lowest BCUT2D eigenvalue weighted by atomic mass is 9.99. The first kappa shape index (κ1) is 11.0. The predicted octanol–water partition coefficient (Wildman–Crippen LogP) is 1.52. The van der Waals surface area contributed by atoms with Gasteiger partial charge in [0.25, 0.3) is 5.56 Å². The summed E-state index contributed by atoms with van der Waals surface area (Å²) in [5.74, 6) is -2.56. The minimum absolute atomic E-state index is 0.0390. The number of hydrogen-bond donors (Lipinski definition) is 1. The third kappa shape index (κ3) is 1.46. The van der Waals surface area contributed by atoms with E-state index in [1.807, 2.05) is 0 Å². The summed E-state index contributed by atoms with van der Waals surface area (Å²) < 4.78 is 31.3.